The highest BCUT2D eigenvalue weighted by atomic mass is 32.2. The Morgan fingerprint density at radius 2 is 2.00 bits per heavy atom. The molecule has 23 heavy (non-hydrogen) atoms. The average molecular weight is 353 g/mol. The summed E-state index contributed by atoms with van der Waals surface area (Å²) in [6.07, 6.45) is -1.38. The maximum atomic E-state index is 12.6. The van der Waals surface area contributed by atoms with Gasteiger partial charge < -0.3 is 10.1 Å². The lowest BCUT2D eigenvalue weighted by atomic mass is 9.82. The van der Waals surface area contributed by atoms with Gasteiger partial charge in [0.1, 0.15) is 15.5 Å². The zero-order valence-electron chi connectivity index (χ0n) is 12.6. The Balaban J connectivity index is 2.12. The quantitative estimate of drug-likeness (QED) is 0.869. The van der Waals surface area contributed by atoms with Crippen molar-refractivity contribution in [1.82, 2.24) is 9.97 Å². The summed E-state index contributed by atoms with van der Waals surface area (Å²) in [4.78, 5) is 7.19. The minimum Gasteiger partial charge on any atom is -0.381 e. The van der Waals surface area contributed by atoms with Crippen LogP contribution in [0.4, 0.5) is 19.1 Å². The third kappa shape index (κ3) is 5.31. The molecule has 0 saturated carbocycles. The van der Waals surface area contributed by atoms with Crippen molar-refractivity contribution in [3.05, 3.63) is 18.0 Å². The highest BCUT2D eigenvalue weighted by Crippen LogP contribution is 2.33. The molecule has 10 heteroatoms. The van der Waals surface area contributed by atoms with Crippen LogP contribution in [0.15, 0.2) is 12.3 Å². The van der Waals surface area contributed by atoms with E-state index in [-0.39, 0.29) is 18.2 Å². The lowest BCUT2D eigenvalue weighted by molar-refractivity contribution is -0.141. The summed E-state index contributed by atoms with van der Waals surface area (Å²) in [6.45, 7) is 1.01. The van der Waals surface area contributed by atoms with Crippen LogP contribution in [-0.4, -0.2) is 50.2 Å². The van der Waals surface area contributed by atoms with Crippen LogP contribution in [0.5, 0.6) is 0 Å². The Morgan fingerprint density at radius 1 is 1.35 bits per heavy atom. The Hall–Kier alpha value is -1.42. The van der Waals surface area contributed by atoms with Crippen molar-refractivity contribution < 1.29 is 26.3 Å². The van der Waals surface area contributed by atoms with Crippen molar-refractivity contribution in [1.29, 1.82) is 0 Å². The van der Waals surface area contributed by atoms with Crippen LogP contribution in [0, 0.1) is 5.41 Å². The van der Waals surface area contributed by atoms with Gasteiger partial charge in [0.15, 0.2) is 0 Å². The molecule has 0 radical (unpaired) electrons. The third-order valence-corrected chi connectivity index (χ3v) is 4.83. The topological polar surface area (TPSA) is 81.2 Å². The number of sulfone groups is 1. The summed E-state index contributed by atoms with van der Waals surface area (Å²) in [5.74, 6) is -0.228. The van der Waals surface area contributed by atoms with E-state index in [0.29, 0.717) is 26.1 Å². The number of nitrogens with one attached hydrogen (secondary N) is 1. The number of halogens is 3. The summed E-state index contributed by atoms with van der Waals surface area (Å²) < 4.78 is 66.5. The lowest BCUT2D eigenvalue weighted by Crippen LogP contribution is -2.41. The molecule has 2 rings (SSSR count). The number of hydrogen-bond donors (Lipinski definition) is 1. The molecule has 1 aromatic heterocycles. The van der Waals surface area contributed by atoms with Gasteiger partial charge >= 0.3 is 6.18 Å². The molecule has 0 bridgehead atoms. The summed E-state index contributed by atoms with van der Waals surface area (Å²) in [5, 5.41) is 2.75. The van der Waals surface area contributed by atoms with Crippen LogP contribution in [0.1, 0.15) is 18.5 Å². The summed E-state index contributed by atoms with van der Waals surface area (Å²) >= 11 is 0. The smallest absolute Gasteiger partial charge is 0.381 e. The number of ether oxygens (including phenoxy) is 1. The first kappa shape index (κ1) is 17.9. The second-order valence-electron chi connectivity index (χ2n) is 5.80. The summed E-state index contributed by atoms with van der Waals surface area (Å²) in [6, 6.07) is 0.784. The van der Waals surface area contributed by atoms with Crippen LogP contribution in [0.2, 0.25) is 0 Å². The molecular formula is C13H18F3N3O3S. The molecular weight excluding hydrogens is 335 g/mol. The van der Waals surface area contributed by atoms with E-state index >= 15 is 0 Å². The van der Waals surface area contributed by atoms with Gasteiger partial charge in [0, 0.05) is 37.6 Å². The number of anilines is 1. The van der Waals surface area contributed by atoms with Gasteiger partial charge in [0.2, 0.25) is 5.95 Å². The molecule has 0 amide bonds. The SMILES string of the molecule is CS(=O)(=O)CC1(CNc2nccc(C(F)(F)F)n2)CCOCC1. The number of nitrogens with zero attached hydrogens (tertiary/aromatic N) is 2. The molecule has 1 saturated heterocycles. The molecule has 2 heterocycles. The molecule has 1 aromatic rings. The lowest BCUT2D eigenvalue weighted by Gasteiger charge is -2.36. The molecule has 1 fully saturated rings. The second-order valence-corrected chi connectivity index (χ2v) is 7.94. The zero-order valence-corrected chi connectivity index (χ0v) is 13.4. The Kier molecular flexibility index (Phi) is 5.14. The predicted octanol–water partition coefficient (Wildman–Crippen LogP) is 1.75. The van der Waals surface area contributed by atoms with Crippen LogP contribution >= 0.6 is 0 Å². The van der Waals surface area contributed by atoms with E-state index in [0.717, 1.165) is 18.5 Å². The second kappa shape index (κ2) is 6.60. The molecule has 1 N–H and O–H groups in total. The van der Waals surface area contributed by atoms with Crippen LogP contribution in [0.3, 0.4) is 0 Å². The van der Waals surface area contributed by atoms with E-state index < -0.39 is 27.1 Å². The van der Waals surface area contributed by atoms with Crippen molar-refractivity contribution in [3.63, 3.8) is 0 Å². The van der Waals surface area contributed by atoms with Crippen LogP contribution in [-0.2, 0) is 20.8 Å². The fourth-order valence-corrected chi connectivity index (χ4v) is 4.10. The largest absolute Gasteiger partial charge is 0.433 e. The molecule has 6 nitrogen and oxygen atoms in total. The molecule has 0 aromatic carbocycles. The highest BCUT2D eigenvalue weighted by Gasteiger charge is 2.36. The Labute approximate surface area is 132 Å². The van der Waals surface area contributed by atoms with Crippen molar-refractivity contribution in [2.75, 3.05) is 37.1 Å². The minimum atomic E-state index is -4.55. The number of rotatable bonds is 5. The molecule has 0 aliphatic carbocycles. The third-order valence-electron chi connectivity index (χ3n) is 3.69. The maximum absolute atomic E-state index is 12.6. The van der Waals surface area contributed by atoms with Gasteiger partial charge in [-0.1, -0.05) is 0 Å². The molecule has 0 spiro atoms. The zero-order chi connectivity index (χ0) is 17.1. The number of hydrogen-bond acceptors (Lipinski definition) is 6. The number of alkyl halides is 3. The molecule has 1 aliphatic rings. The minimum absolute atomic E-state index is 0.0602. The van der Waals surface area contributed by atoms with E-state index in [1.807, 2.05) is 0 Å². The average Bonchev–Trinajstić information content (AvgIpc) is 2.44. The standard InChI is InChI=1S/C13H18F3N3O3S/c1-23(20,21)9-12(3-6-22-7-4-12)8-18-11-17-5-2-10(19-11)13(14,15)16/h2,5H,3-4,6-9H2,1H3,(H,17,18,19). The summed E-state index contributed by atoms with van der Waals surface area (Å²) in [5.41, 5.74) is -1.64. The van der Waals surface area contributed by atoms with Gasteiger partial charge in [-0.2, -0.15) is 13.2 Å². The van der Waals surface area contributed by atoms with Gasteiger partial charge in [0.25, 0.3) is 0 Å². The monoisotopic (exact) mass is 353 g/mol. The van der Waals surface area contributed by atoms with Gasteiger partial charge in [-0.05, 0) is 18.9 Å². The normalized spacial score (nSPS) is 18.6. The molecule has 1 aliphatic heterocycles. The maximum Gasteiger partial charge on any atom is 0.433 e. The molecule has 0 atom stereocenters. The van der Waals surface area contributed by atoms with E-state index in [1.165, 1.54) is 0 Å². The fraction of sp³-hybridized carbons (Fsp3) is 0.692. The van der Waals surface area contributed by atoms with Gasteiger partial charge in [-0.25, -0.2) is 18.4 Å². The van der Waals surface area contributed by atoms with E-state index in [1.54, 1.807) is 0 Å². The van der Waals surface area contributed by atoms with Crippen LogP contribution in [0.25, 0.3) is 0 Å². The van der Waals surface area contributed by atoms with Crippen LogP contribution < -0.4 is 5.32 Å². The van der Waals surface area contributed by atoms with Gasteiger partial charge in [-0.3, -0.25) is 0 Å². The fourth-order valence-electron chi connectivity index (χ4n) is 2.60. The Bertz CT molecular complexity index is 643. The van der Waals surface area contributed by atoms with E-state index in [2.05, 4.69) is 15.3 Å². The van der Waals surface area contributed by atoms with Crippen molar-refractivity contribution in [2.45, 2.75) is 19.0 Å². The molecule has 0 unspecified atom stereocenters. The van der Waals surface area contributed by atoms with E-state index in [9.17, 15) is 21.6 Å². The highest BCUT2D eigenvalue weighted by molar-refractivity contribution is 7.90. The number of aromatic nitrogens is 2. The Morgan fingerprint density at radius 3 is 2.57 bits per heavy atom. The first-order valence-corrected chi connectivity index (χ1v) is 9.05. The van der Waals surface area contributed by atoms with Crippen molar-refractivity contribution in [2.24, 2.45) is 5.41 Å². The van der Waals surface area contributed by atoms with Gasteiger partial charge in [-0.15, -0.1) is 0 Å². The first-order chi connectivity index (χ1) is 10.6. The molecule has 130 valence electrons. The van der Waals surface area contributed by atoms with E-state index in [4.69, 9.17) is 4.74 Å². The van der Waals surface area contributed by atoms with Crippen molar-refractivity contribution >= 4 is 15.8 Å². The van der Waals surface area contributed by atoms with Crippen molar-refractivity contribution in [3.8, 4) is 0 Å². The summed E-state index contributed by atoms with van der Waals surface area (Å²) in [7, 11) is -3.23. The first-order valence-electron chi connectivity index (χ1n) is 6.99. The predicted molar refractivity (Wildman–Crippen MR) is 77.7 cm³/mol. The van der Waals surface area contributed by atoms with Gasteiger partial charge in [0.05, 0.1) is 5.75 Å².